The quantitative estimate of drug-likeness (QED) is 0.211. The van der Waals surface area contributed by atoms with E-state index in [2.05, 4.69) is 39.8 Å². The average molecular weight is 825 g/mol. The molecule has 7 rings (SSSR count). The van der Waals surface area contributed by atoms with Gasteiger partial charge in [-0.15, -0.1) is 0 Å². The Bertz CT molecular complexity index is 1680. The highest BCUT2D eigenvalue weighted by atomic mass is 16.7. The zero-order chi connectivity index (χ0) is 42.2. The highest BCUT2D eigenvalue weighted by Gasteiger charge is 2.60. The molecule has 5 aliphatic heterocycles. The first-order chi connectivity index (χ1) is 28.2. The van der Waals surface area contributed by atoms with Crippen LogP contribution in [0.3, 0.4) is 0 Å². The molecule has 2 aliphatic carbocycles. The number of rotatable bonds is 7. The molecular weight excluding hydrogens is 757 g/mol. The molecule has 2 bridgehead atoms. The maximum absolute atomic E-state index is 14.3. The molecule has 16 atom stereocenters. The Morgan fingerprint density at radius 3 is 2.53 bits per heavy atom. The standard InChI is InChI=1S/C47H68O12/c1-9-26(2)41-29(5)19-20-46(59-41)24-35-22-34(58-46)18-17-28(4)40(56-38-23-37(52-8)42(31(7)54-38)57-44(49)32-14-10-11-15-32)27(3)13-12-16-33-25-53-43-39(48)30(6)21-36(45(50)55-35)47(33,43)51/h12-13,16-17,19-21,26-27,29,31-32,34-43,48,51H,9-11,14-15,18,22-25H2,1-8H3/b13-12+,28-17+,33-16+/t26?,27-,29-,31-,34+,35-,36?,37-,38?,39+,40-,41+,42-,43+,46?,47+/m0/s1. The van der Waals surface area contributed by atoms with Crippen LogP contribution in [0.4, 0.5) is 0 Å². The van der Waals surface area contributed by atoms with E-state index >= 15 is 0 Å². The van der Waals surface area contributed by atoms with E-state index in [0.29, 0.717) is 36.8 Å². The molecule has 4 unspecified atom stereocenters. The van der Waals surface area contributed by atoms with E-state index in [0.717, 1.165) is 37.7 Å². The van der Waals surface area contributed by atoms with Crippen LogP contribution in [0.2, 0.25) is 0 Å². The summed E-state index contributed by atoms with van der Waals surface area (Å²) >= 11 is 0. The first-order valence-corrected chi connectivity index (χ1v) is 22.2. The Labute approximate surface area is 350 Å². The summed E-state index contributed by atoms with van der Waals surface area (Å²) in [4.78, 5) is 27.4. The van der Waals surface area contributed by atoms with Gasteiger partial charge in [0.1, 0.15) is 35.9 Å². The van der Waals surface area contributed by atoms with Gasteiger partial charge in [-0.1, -0.05) is 83.4 Å². The molecule has 4 fully saturated rings. The van der Waals surface area contributed by atoms with E-state index in [1.807, 2.05) is 32.1 Å². The van der Waals surface area contributed by atoms with Gasteiger partial charge in [0, 0.05) is 38.2 Å². The van der Waals surface area contributed by atoms with Gasteiger partial charge in [-0.3, -0.25) is 9.59 Å². The molecule has 3 saturated heterocycles. The zero-order valence-corrected chi connectivity index (χ0v) is 36.2. The number of allylic oxidation sites excluding steroid dienone is 2. The summed E-state index contributed by atoms with van der Waals surface area (Å²) in [6.45, 7) is 14.3. The SMILES string of the molecule is CCC(C)[C@H]1OC2(C=C[C@@H]1C)C[C@@H]1C[C@@H](C/C=C(\C)[C@@H](OC3C[C@H](OC)[C@@H](OC(=O)C4CCCC4)[C@H](C)O3)[C@@H](C)/C=C/C=C3\CO[C@@H]4[C@H](O)C(C)=CC(C(=O)O1)[C@]34O)O2. The third-order valence-corrected chi connectivity index (χ3v) is 14.2. The molecule has 1 saturated carbocycles. The second-order valence-electron chi connectivity index (χ2n) is 18.5. The van der Waals surface area contributed by atoms with Gasteiger partial charge in [0.05, 0.1) is 36.9 Å². The lowest BCUT2D eigenvalue weighted by atomic mass is 9.71. The lowest BCUT2D eigenvalue weighted by molar-refractivity contribution is -0.300. The Morgan fingerprint density at radius 1 is 1.03 bits per heavy atom. The van der Waals surface area contributed by atoms with Crippen molar-refractivity contribution in [3.63, 3.8) is 0 Å². The fourth-order valence-corrected chi connectivity index (χ4v) is 10.4. The van der Waals surface area contributed by atoms with Crippen molar-refractivity contribution in [2.45, 2.75) is 179 Å². The number of esters is 2. The van der Waals surface area contributed by atoms with Crippen molar-refractivity contribution in [1.82, 2.24) is 0 Å². The van der Waals surface area contributed by atoms with E-state index in [9.17, 15) is 19.8 Å². The molecule has 12 heteroatoms. The summed E-state index contributed by atoms with van der Waals surface area (Å²) in [6, 6.07) is 0. The Kier molecular flexibility index (Phi) is 13.8. The van der Waals surface area contributed by atoms with Gasteiger partial charge in [-0.25, -0.2) is 0 Å². The van der Waals surface area contributed by atoms with Crippen LogP contribution < -0.4 is 0 Å². The molecular formula is C47H68O12. The van der Waals surface area contributed by atoms with Crippen molar-refractivity contribution in [2.75, 3.05) is 13.7 Å². The highest BCUT2D eigenvalue weighted by Crippen LogP contribution is 2.47. The van der Waals surface area contributed by atoms with Crippen molar-refractivity contribution < 1.29 is 57.7 Å². The molecule has 1 spiro atoms. The summed E-state index contributed by atoms with van der Waals surface area (Å²) in [6.07, 6.45) is 14.1. The number of methoxy groups -OCH3 is 1. The van der Waals surface area contributed by atoms with Crippen LogP contribution in [0.5, 0.6) is 0 Å². The van der Waals surface area contributed by atoms with E-state index in [-0.39, 0.29) is 48.5 Å². The van der Waals surface area contributed by atoms with Gasteiger partial charge in [-0.2, -0.15) is 0 Å². The molecule has 0 radical (unpaired) electrons. The largest absolute Gasteiger partial charge is 0.462 e. The third kappa shape index (κ3) is 9.12. The molecule has 7 aliphatic rings. The maximum atomic E-state index is 14.3. The van der Waals surface area contributed by atoms with Crippen molar-refractivity contribution in [1.29, 1.82) is 0 Å². The predicted octanol–water partition coefficient (Wildman–Crippen LogP) is 6.58. The number of hydrogen-bond acceptors (Lipinski definition) is 12. The molecule has 59 heavy (non-hydrogen) atoms. The maximum Gasteiger partial charge on any atom is 0.316 e. The van der Waals surface area contributed by atoms with Gasteiger partial charge in [0.2, 0.25) is 0 Å². The van der Waals surface area contributed by atoms with Crippen LogP contribution in [0.1, 0.15) is 106 Å². The molecule has 0 aromatic carbocycles. The smallest absolute Gasteiger partial charge is 0.316 e. The summed E-state index contributed by atoms with van der Waals surface area (Å²) < 4.78 is 51.4. The Balaban J connectivity index is 1.20. The lowest BCUT2D eigenvalue weighted by Gasteiger charge is -2.48. The lowest BCUT2D eigenvalue weighted by Crippen LogP contribution is -2.58. The highest BCUT2D eigenvalue weighted by molar-refractivity contribution is 5.78. The van der Waals surface area contributed by atoms with Crippen LogP contribution in [-0.2, 0) is 47.5 Å². The fraction of sp³-hybridized carbons (Fsp3) is 0.745. The summed E-state index contributed by atoms with van der Waals surface area (Å²) in [5.74, 6) is -2.78. The van der Waals surface area contributed by atoms with E-state index in [1.165, 1.54) is 0 Å². The van der Waals surface area contributed by atoms with Gasteiger partial charge >= 0.3 is 11.9 Å². The number of ether oxygens (including phenoxy) is 8. The fourth-order valence-electron chi connectivity index (χ4n) is 10.4. The van der Waals surface area contributed by atoms with Crippen LogP contribution in [0, 0.1) is 29.6 Å². The van der Waals surface area contributed by atoms with E-state index < -0.39 is 72.3 Å². The van der Waals surface area contributed by atoms with E-state index in [4.69, 9.17) is 37.9 Å². The zero-order valence-electron chi connectivity index (χ0n) is 36.2. The summed E-state index contributed by atoms with van der Waals surface area (Å²) in [5, 5.41) is 23.7. The molecule has 328 valence electrons. The van der Waals surface area contributed by atoms with Crippen molar-refractivity contribution in [2.24, 2.45) is 29.6 Å². The number of aliphatic hydroxyl groups excluding tert-OH is 1. The van der Waals surface area contributed by atoms with Crippen LogP contribution in [-0.4, -0.2) is 108 Å². The number of aliphatic hydroxyl groups is 2. The van der Waals surface area contributed by atoms with E-state index in [1.54, 1.807) is 26.2 Å². The van der Waals surface area contributed by atoms with Gasteiger partial charge in [0.25, 0.3) is 0 Å². The first kappa shape index (κ1) is 44.4. The monoisotopic (exact) mass is 824 g/mol. The van der Waals surface area contributed by atoms with Crippen LogP contribution in [0.25, 0.3) is 0 Å². The minimum Gasteiger partial charge on any atom is -0.462 e. The Morgan fingerprint density at radius 2 is 1.80 bits per heavy atom. The number of carbonyl (C=O) groups excluding carboxylic acids is 2. The van der Waals surface area contributed by atoms with Gasteiger partial charge < -0.3 is 48.1 Å². The molecule has 0 amide bonds. The number of fused-ring (bicyclic) bond motifs is 2. The number of hydrogen-bond donors (Lipinski definition) is 2. The molecule has 12 nitrogen and oxygen atoms in total. The summed E-state index contributed by atoms with van der Waals surface area (Å²) in [7, 11) is 1.63. The first-order valence-electron chi connectivity index (χ1n) is 22.2. The van der Waals surface area contributed by atoms with Crippen LogP contribution >= 0.6 is 0 Å². The average Bonchev–Trinajstić information content (AvgIpc) is 3.87. The molecule has 0 aromatic heterocycles. The minimum absolute atomic E-state index is 0.0374. The van der Waals surface area contributed by atoms with Gasteiger partial charge in [-0.05, 0) is 68.7 Å². The van der Waals surface area contributed by atoms with Crippen molar-refractivity contribution >= 4 is 11.9 Å². The summed E-state index contributed by atoms with van der Waals surface area (Å²) in [5.41, 5.74) is 0.152. The third-order valence-electron chi connectivity index (χ3n) is 14.2. The van der Waals surface area contributed by atoms with Crippen molar-refractivity contribution in [3.05, 3.63) is 59.3 Å². The molecule has 5 heterocycles. The second kappa shape index (κ2) is 18.3. The Hall–Kier alpha value is -2.68. The second-order valence-corrected chi connectivity index (χ2v) is 18.5. The number of carbonyl (C=O) groups is 2. The molecule has 2 N–H and O–H groups in total. The van der Waals surface area contributed by atoms with Gasteiger partial charge in [0.15, 0.2) is 18.2 Å². The van der Waals surface area contributed by atoms with Crippen LogP contribution in [0.15, 0.2) is 59.3 Å². The van der Waals surface area contributed by atoms with Crippen molar-refractivity contribution in [3.8, 4) is 0 Å². The minimum atomic E-state index is -1.83. The topological polar surface area (TPSA) is 148 Å². The normalized spacial score (nSPS) is 46.0. The predicted molar refractivity (Wildman–Crippen MR) is 219 cm³/mol. The molecule has 0 aromatic rings.